The van der Waals surface area contributed by atoms with E-state index >= 15 is 0 Å². The molecule has 0 aliphatic heterocycles. The Hall–Kier alpha value is -0.160. The fraction of sp³-hybridized carbons (Fsp3) is 0.857. The molecule has 1 nitrogen and oxygen atoms in total. The molecular weight excluding hydrogens is 130 g/mol. The van der Waals surface area contributed by atoms with Gasteiger partial charge in [0.15, 0.2) is 0 Å². The van der Waals surface area contributed by atoms with E-state index in [1.54, 1.807) is 11.8 Å². The Bertz CT molecular complexity index is 95.6. The van der Waals surface area contributed by atoms with Crippen molar-refractivity contribution in [2.45, 2.75) is 31.9 Å². The predicted molar refractivity (Wildman–Crippen MR) is 42.4 cm³/mol. The van der Waals surface area contributed by atoms with E-state index in [-0.39, 0.29) is 5.25 Å². The Morgan fingerprint density at radius 2 is 2.22 bits per heavy atom. The maximum atomic E-state index is 8.48. The zero-order valence-corrected chi connectivity index (χ0v) is 6.87. The second-order valence-electron chi connectivity index (χ2n) is 1.90. The first-order valence-electron chi connectivity index (χ1n) is 3.36. The molecule has 0 amide bonds. The SMILES string of the molecule is CCCSC(C#N)CC. The highest BCUT2D eigenvalue weighted by molar-refractivity contribution is 8.00. The molecule has 9 heavy (non-hydrogen) atoms. The number of hydrogen-bond donors (Lipinski definition) is 0. The predicted octanol–water partition coefficient (Wildman–Crippen LogP) is 2.43. The normalized spacial score (nSPS) is 12.6. The molecule has 2 heteroatoms. The number of thioether (sulfide) groups is 1. The second-order valence-corrected chi connectivity index (χ2v) is 3.21. The largest absolute Gasteiger partial charge is 0.197 e. The summed E-state index contributed by atoms with van der Waals surface area (Å²) in [6.07, 6.45) is 2.14. The Kier molecular flexibility index (Phi) is 5.86. The fourth-order valence-corrected chi connectivity index (χ4v) is 1.34. The van der Waals surface area contributed by atoms with Crippen LogP contribution in [-0.2, 0) is 0 Å². The van der Waals surface area contributed by atoms with Crippen LogP contribution in [-0.4, -0.2) is 11.0 Å². The van der Waals surface area contributed by atoms with Crippen molar-refractivity contribution >= 4 is 11.8 Å². The van der Waals surface area contributed by atoms with Crippen molar-refractivity contribution in [3.63, 3.8) is 0 Å². The van der Waals surface area contributed by atoms with E-state index in [9.17, 15) is 0 Å². The molecule has 0 aromatic rings. The van der Waals surface area contributed by atoms with Crippen molar-refractivity contribution in [3.05, 3.63) is 0 Å². The molecule has 0 aliphatic carbocycles. The van der Waals surface area contributed by atoms with E-state index in [1.807, 2.05) is 0 Å². The molecule has 1 unspecified atom stereocenters. The van der Waals surface area contributed by atoms with E-state index in [0.717, 1.165) is 12.2 Å². The summed E-state index contributed by atoms with van der Waals surface area (Å²) in [7, 11) is 0. The van der Waals surface area contributed by atoms with Crippen molar-refractivity contribution in [1.29, 1.82) is 5.26 Å². The highest BCUT2D eigenvalue weighted by atomic mass is 32.2. The lowest BCUT2D eigenvalue weighted by atomic mass is 10.4. The highest BCUT2D eigenvalue weighted by Crippen LogP contribution is 2.13. The molecular formula is C7H13NS. The van der Waals surface area contributed by atoms with Gasteiger partial charge in [0.05, 0.1) is 11.3 Å². The molecule has 0 rings (SSSR count). The van der Waals surface area contributed by atoms with Crippen LogP contribution in [0.25, 0.3) is 0 Å². The minimum atomic E-state index is 0.227. The van der Waals surface area contributed by atoms with Gasteiger partial charge in [0.25, 0.3) is 0 Å². The lowest BCUT2D eigenvalue weighted by Crippen LogP contribution is -1.96. The average molecular weight is 143 g/mol. The first-order valence-corrected chi connectivity index (χ1v) is 4.41. The van der Waals surface area contributed by atoms with Gasteiger partial charge in [0, 0.05) is 0 Å². The minimum Gasteiger partial charge on any atom is -0.197 e. The van der Waals surface area contributed by atoms with Crippen LogP contribution in [0.5, 0.6) is 0 Å². The highest BCUT2D eigenvalue weighted by Gasteiger charge is 2.01. The fourth-order valence-electron chi connectivity index (χ4n) is 0.507. The monoisotopic (exact) mass is 143 g/mol. The molecule has 0 fully saturated rings. The Morgan fingerprint density at radius 3 is 2.56 bits per heavy atom. The van der Waals surface area contributed by atoms with Crippen LogP contribution in [0.15, 0.2) is 0 Å². The number of nitrogens with zero attached hydrogens (tertiary/aromatic N) is 1. The third kappa shape index (κ3) is 4.35. The van der Waals surface area contributed by atoms with Gasteiger partial charge in [-0.3, -0.25) is 0 Å². The van der Waals surface area contributed by atoms with Crippen LogP contribution in [0.1, 0.15) is 26.7 Å². The van der Waals surface area contributed by atoms with Gasteiger partial charge >= 0.3 is 0 Å². The van der Waals surface area contributed by atoms with E-state index in [1.165, 1.54) is 6.42 Å². The summed E-state index contributed by atoms with van der Waals surface area (Å²) in [4.78, 5) is 0. The lowest BCUT2D eigenvalue weighted by molar-refractivity contribution is 0.978. The second kappa shape index (κ2) is 5.97. The smallest absolute Gasteiger partial charge is 0.0914 e. The third-order valence-corrected chi connectivity index (χ3v) is 2.52. The molecule has 0 bridgehead atoms. The molecule has 0 radical (unpaired) electrons. The zero-order valence-electron chi connectivity index (χ0n) is 6.05. The Balaban J connectivity index is 3.23. The van der Waals surface area contributed by atoms with Gasteiger partial charge in [-0.1, -0.05) is 13.8 Å². The van der Waals surface area contributed by atoms with Gasteiger partial charge in [-0.15, -0.1) is 11.8 Å². The molecule has 0 aliphatic rings. The first kappa shape index (κ1) is 8.84. The van der Waals surface area contributed by atoms with Crippen LogP contribution < -0.4 is 0 Å². The molecule has 0 N–H and O–H groups in total. The molecule has 0 aromatic heterocycles. The van der Waals surface area contributed by atoms with Gasteiger partial charge in [0.2, 0.25) is 0 Å². The maximum Gasteiger partial charge on any atom is 0.0914 e. The molecule has 0 saturated carbocycles. The quantitative estimate of drug-likeness (QED) is 0.603. The molecule has 1 atom stereocenters. The maximum absolute atomic E-state index is 8.48. The summed E-state index contributed by atoms with van der Waals surface area (Å²) in [5.74, 6) is 1.12. The summed E-state index contributed by atoms with van der Waals surface area (Å²) >= 11 is 1.76. The molecule has 0 aromatic carbocycles. The molecule has 52 valence electrons. The summed E-state index contributed by atoms with van der Waals surface area (Å²) < 4.78 is 0. The lowest BCUT2D eigenvalue weighted by Gasteiger charge is -2.01. The standard InChI is InChI=1S/C7H13NS/c1-3-5-9-7(4-2)6-8/h7H,3-5H2,1-2H3. The van der Waals surface area contributed by atoms with Crippen molar-refractivity contribution < 1.29 is 0 Å². The van der Waals surface area contributed by atoms with E-state index in [2.05, 4.69) is 19.9 Å². The van der Waals surface area contributed by atoms with E-state index in [0.29, 0.717) is 0 Å². The van der Waals surface area contributed by atoms with Crippen LogP contribution in [0.3, 0.4) is 0 Å². The first-order chi connectivity index (χ1) is 4.35. The Labute approximate surface area is 61.4 Å². The average Bonchev–Trinajstić information content (AvgIpc) is 1.91. The summed E-state index contributed by atoms with van der Waals surface area (Å²) in [6, 6.07) is 2.25. The molecule has 0 spiro atoms. The van der Waals surface area contributed by atoms with Crippen molar-refractivity contribution in [2.24, 2.45) is 0 Å². The van der Waals surface area contributed by atoms with Crippen molar-refractivity contribution in [3.8, 4) is 6.07 Å². The van der Waals surface area contributed by atoms with Gasteiger partial charge in [-0.2, -0.15) is 5.26 Å². The zero-order chi connectivity index (χ0) is 7.11. The van der Waals surface area contributed by atoms with Crippen LogP contribution in [0.2, 0.25) is 0 Å². The van der Waals surface area contributed by atoms with Gasteiger partial charge in [0.1, 0.15) is 0 Å². The summed E-state index contributed by atoms with van der Waals surface area (Å²) in [6.45, 7) is 4.19. The topological polar surface area (TPSA) is 23.8 Å². The van der Waals surface area contributed by atoms with Crippen molar-refractivity contribution in [2.75, 3.05) is 5.75 Å². The number of hydrogen-bond acceptors (Lipinski definition) is 2. The third-order valence-electron chi connectivity index (χ3n) is 1.04. The van der Waals surface area contributed by atoms with Gasteiger partial charge < -0.3 is 0 Å². The number of rotatable bonds is 4. The molecule has 0 saturated heterocycles. The van der Waals surface area contributed by atoms with Gasteiger partial charge in [-0.05, 0) is 18.6 Å². The summed E-state index contributed by atoms with van der Waals surface area (Å²) in [5.41, 5.74) is 0. The van der Waals surface area contributed by atoms with Crippen LogP contribution >= 0.6 is 11.8 Å². The number of nitriles is 1. The molecule has 0 heterocycles. The van der Waals surface area contributed by atoms with Crippen LogP contribution in [0, 0.1) is 11.3 Å². The Morgan fingerprint density at radius 1 is 1.56 bits per heavy atom. The summed E-state index contributed by atoms with van der Waals surface area (Å²) in [5, 5.41) is 8.71. The minimum absolute atomic E-state index is 0.227. The van der Waals surface area contributed by atoms with E-state index in [4.69, 9.17) is 5.26 Å². The van der Waals surface area contributed by atoms with Gasteiger partial charge in [-0.25, -0.2) is 0 Å². The van der Waals surface area contributed by atoms with Crippen molar-refractivity contribution in [1.82, 2.24) is 0 Å². The van der Waals surface area contributed by atoms with Crippen LogP contribution in [0.4, 0.5) is 0 Å². The van der Waals surface area contributed by atoms with E-state index < -0.39 is 0 Å².